The van der Waals surface area contributed by atoms with E-state index < -0.39 is 14.9 Å². The second-order valence-electron chi connectivity index (χ2n) is 7.19. The van der Waals surface area contributed by atoms with Crippen molar-refractivity contribution in [3.8, 4) is 5.75 Å². The summed E-state index contributed by atoms with van der Waals surface area (Å²) in [6.45, 7) is 6.70. The molecule has 1 atom stereocenters. The van der Waals surface area contributed by atoms with Crippen LogP contribution in [-0.4, -0.2) is 19.9 Å². The molecule has 0 aromatic heterocycles. The first-order valence-corrected chi connectivity index (χ1v) is 11.0. The van der Waals surface area contributed by atoms with E-state index in [4.69, 9.17) is 9.88 Å². The van der Waals surface area contributed by atoms with E-state index in [-0.39, 0.29) is 22.3 Å². The van der Waals surface area contributed by atoms with Gasteiger partial charge in [-0.3, -0.25) is 10.1 Å². The normalized spacial score (nSPS) is 12.6. The Morgan fingerprint density at radius 1 is 1.21 bits per heavy atom. The standard InChI is InChI=1S/C20H27N3O5S/c1-4-11-28-20-8-6-5-7-16(20)18(12-14(2)3)22-17-10-9-15(29(21,26)27)13-19(17)23(24)25/h5-10,13-14,18,22H,4,11-12H2,1-3H3,(H2,21,26,27)/t18-/m1/s1. The molecular formula is C20H27N3O5S. The zero-order valence-electron chi connectivity index (χ0n) is 16.8. The van der Waals surface area contributed by atoms with Crippen LogP contribution in [0.25, 0.3) is 0 Å². The molecule has 8 nitrogen and oxygen atoms in total. The topological polar surface area (TPSA) is 125 Å². The molecule has 9 heteroatoms. The van der Waals surface area contributed by atoms with Crippen molar-refractivity contribution in [1.29, 1.82) is 0 Å². The van der Waals surface area contributed by atoms with E-state index in [1.807, 2.05) is 31.2 Å². The summed E-state index contributed by atoms with van der Waals surface area (Å²) in [5.41, 5.74) is 0.759. The number of sulfonamides is 1. The van der Waals surface area contributed by atoms with Crippen molar-refractivity contribution < 1.29 is 18.1 Å². The van der Waals surface area contributed by atoms with Crippen LogP contribution in [0.3, 0.4) is 0 Å². The third-order valence-electron chi connectivity index (χ3n) is 4.29. The van der Waals surface area contributed by atoms with Crippen LogP contribution in [0.2, 0.25) is 0 Å². The lowest BCUT2D eigenvalue weighted by Gasteiger charge is -2.24. The van der Waals surface area contributed by atoms with Gasteiger partial charge in [-0.2, -0.15) is 0 Å². The number of nitro groups is 1. The second-order valence-corrected chi connectivity index (χ2v) is 8.76. The quantitative estimate of drug-likeness (QED) is 0.437. The Hall–Kier alpha value is -2.65. The van der Waals surface area contributed by atoms with Gasteiger partial charge in [-0.15, -0.1) is 0 Å². The summed E-state index contributed by atoms with van der Waals surface area (Å²) in [6, 6.07) is 10.9. The molecule has 0 fully saturated rings. The number of rotatable bonds is 10. The summed E-state index contributed by atoms with van der Waals surface area (Å²) < 4.78 is 29.0. The lowest BCUT2D eigenvalue weighted by Crippen LogP contribution is -2.17. The highest BCUT2D eigenvalue weighted by molar-refractivity contribution is 7.89. The van der Waals surface area contributed by atoms with E-state index in [1.54, 1.807) is 0 Å². The van der Waals surface area contributed by atoms with Crippen molar-refractivity contribution in [3.05, 3.63) is 58.1 Å². The molecule has 2 aromatic rings. The number of para-hydroxylation sites is 1. The van der Waals surface area contributed by atoms with Crippen LogP contribution in [0.4, 0.5) is 11.4 Å². The van der Waals surface area contributed by atoms with E-state index in [2.05, 4.69) is 19.2 Å². The van der Waals surface area contributed by atoms with Crippen LogP contribution in [0.5, 0.6) is 5.75 Å². The van der Waals surface area contributed by atoms with E-state index >= 15 is 0 Å². The second kappa shape index (κ2) is 9.71. The number of nitro benzene ring substituents is 1. The largest absolute Gasteiger partial charge is 0.493 e. The maximum Gasteiger partial charge on any atom is 0.293 e. The minimum atomic E-state index is -4.04. The number of hydrogen-bond acceptors (Lipinski definition) is 6. The van der Waals surface area contributed by atoms with E-state index in [0.29, 0.717) is 18.9 Å². The van der Waals surface area contributed by atoms with Crippen LogP contribution >= 0.6 is 0 Å². The lowest BCUT2D eigenvalue weighted by atomic mass is 9.95. The van der Waals surface area contributed by atoms with Crippen molar-refractivity contribution in [2.75, 3.05) is 11.9 Å². The number of nitrogens with one attached hydrogen (secondary N) is 1. The molecule has 0 heterocycles. The summed E-state index contributed by atoms with van der Waals surface area (Å²) in [5, 5.41) is 19.9. The van der Waals surface area contributed by atoms with E-state index in [0.717, 1.165) is 23.8 Å². The summed E-state index contributed by atoms with van der Waals surface area (Å²) in [7, 11) is -4.04. The van der Waals surface area contributed by atoms with Crippen LogP contribution in [0, 0.1) is 16.0 Å². The van der Waals surface area contributed by atoms with Crippen molar-refractivity contribution in [2.24, 2.45) is 11.1 Å². The highest BCUT2D eigenvalue weighted by atomic mass is 32.2. The van der Waals surface area contributed by atoms with Crippen LogP contribution in [0.1, 0.15) is 45.2 Å². The van der Waals surface area contributed by atoms with Crippen LogP contribution in [-0.2, 0) is 10.0 Å². The first-order chi connectivity index (χ1) is 13.6. The van der Waals surface area contributed by atoms with Gasteiger partial charge < -0.3 is 10.1 Å². The Bertz CT molecular complexity index is 960. The fraction of sp³-hybridized carbons (Fsp3) is 0.400. The molecule has 0 radical (unpaired) electrons. The molecule has 0 aliphatic rings. The predicted octanol–water partition coefficient (Wildman–Crippen LogP) is 4.23. The minimum absolute atomic E-state index is 0.221. The molecule has 2 rings (SSSR count). The Labute approximate surface area is 171 Å². The van der Waals surface area contributed by atoms with Gasteiger partial charge in [0.15, 0.2) is 0 Å². The first-order valence-electron chi connectivity index (χ1n) is 9.43. The molecule has 0 aliphatic heterocycles. The zero-order chi connectivity index (χ0) is 21.6. The molecule has 0 unspecified atom stereocenters. The molecule has 0 bridgehead atoms. The van der Waals surface area contributed by atoms with Gasteiger partial charge in [0.05, 0.1) is 22.5 Å². The average molecular weight is 422 g/mol. The molecule has 0 amide bonds. The number of primary sulfonamides is 1. The average Bonchev–Trinajstić information content (AvgIpc) is 2.65. The van der Waals surface area contributed by atoms with Gasteiger partial charge in [0.1, 0.15) is 11.4 Å². The third kappa shape index (κ3) is 6.16. The van der Waals surface area contributed by atoms with Crippen molar-refractivity contribution >= 4 is 21.4 Å². The Morgan fingerprint density at radius 3 is 2.48 bits per heavy atom. The van der Waals surface area contributed by atoms with Gasteiger partial charge in [-0.05, 0) is 37.0 Å². The van der Waals surface area contributed by atoms with Crippen molar-refractivity contribution in [2.45, 2.75) is 44.6 Å². The maximum absolute atomic E-state index is 11.6. The van der Waals surface area contributed by atoms with Crippen molar-refractivity contribution in [3.63, 3.8) is 0 Å². The van der Waals surface area contributed by atoms with Gasteiger partial charge >= 0.3 is 0 Å². The number of anilines is 1. The molecule has 29 heavy (non-hydrogen) atoms. The number of nitrogens with zero attached hydrogens (tertiary/aromatic N) is 1. The summed E-state index contributed by atoms with van der Waals surface area (Å²) in [5.74, 6) is 1.02. The number of ether oxygens (including phenoxy) is 1. The summed E-state index contributed by atoms with van der Waals surface area (Å²) in [6.07, 6.45) is 1.55. The fourth-order valence-corrected chi connectivity index (χ4v) is 3.53. The Morgan fingerprint density at radius 2 is 1.90 bits per heavy atom. The molecule has 0 aliphatic carbocycles. The van der Waals surface area contributed by atoms with Crippen molar-refractivity contribution in [1.82, 2.24) is 0 Å². The first kappa shape index (κ1) is 22.6. The third-order valence-corrected chi connectivity index (χ3v) is 5.20. The molecule has 3 N–H and O–H groups in total. The fourth-order valence-electron chi connectivity index (χ4n) is 3.00. The zero-order valence-corrected chi connectivity index (χ0v) is 17.6. The van der Waals surface area contributed by atoms with Crippen LogP contribution in [0.15, 0.2) is 47.4 Å². The van der Waals surface area contributed by atoms with E-state index in [1.165, 1.54) is 12.1 Å². The number of hydrogen-bond donors (Lipinski definition) is 2. The minimum Gasteiger partial charge on any atom is -0.493 e. The Balaban J connectivity index is 2.48. The van der Waals surface area contributed by atoms with E-state index in [9.17, 15) is 18.5 Å². The predicted molar refractivity (Wildman–Crippen MR) is 113 cm³/mol. The SMILES string of the molecule is CCCOc1ccccc1[C@@H](CC(C)C)Nc1ccc(S(N)(=O)=O)cc1[N+](=O)[O-]. The van der Waals surface area contributed by atoms with Gasteiger partial charge in [-0.1, -0.05) is 39.0 Å². The number of nitrogens with two attached hydrogens (primary N) is 1. The van der Waals surface area contributed by atoms with Gasteiger partial charge in [0, 0.05) is 11.6 Å². The monoisotopic (exact) mass is 421 g/mol. The van der Waals surface area contributed by atoms with Gasteiger partial charge in [0.25, 0.3) is 5.69 Å². The molecule has 0 saturated carbocycles. The van der Waals surface area contributed by atoms with Gasteiger partial charge in [0.2, 0.25) is 10.0 Å². The molecule has 158 valence electrons. The summed E-state index contributed by atoms with van der Waals surface area (Å²) >= 11 is 0. The molecular weight excluding hydrogens is 394 g/mol. The maximum atomic E-state index is 11.6. The van der Waals surface area contributed by atoms with Gasteiger partial charge in [-0.25, -0.2) is 13.6 Å². The molecule has 0 saturated heterocycles. The van der Waals surface area contributed by atoms with Crippen LogP contribution < -0.4 is 15.2 Å². The number of benzene rings is 2. The Kier molecular flexibility index (Phi) is 7.58. The highest BCUT2D eigenvalue weighted by Gasteiger charge is 2.24. The molecule has 0 spiro atoms. The molecule has 2 aromatic carbocycles. The smallest absolute Gasteiger partial charge is 0.293 e. The lowest BCUT2D eigenvalue weighted by molar-refractivity contribution is -0.384. The highest BCUT2D eigenvalue weighted by Crippen LogP contribution is 2.36. The summed E-state index contributed by atoms with van der Waals surface area (Å²) in [4.78, 5) is 10.6.